The Bertz CT molecular complexity index is 519. The zero-order chi connectivity index (χ0) is 14.0. The topological polar surface area (TPSA) is 116 Å². The third-order valence-electron chi connectivity index (χ3n) is 2.85. The SMILES string of the molecule is O=C(O)c1cc(NC(=O)C2CNC2)cc(C(=O)O)c1. The number of carbonyl (C=O) groups excluding carboxylic acids is 1. The van der Waals surface area contributed by atoms with Gasteiger partial charge in [0.05, 0.1) is 17.0 Å². The molecule has 7 nitrogen and oxygen atoms in total. The van der Waals surface area contributed by atoms with Crippen molar-refractivity contribution in [3.63, 3.8) is 0 Å². The van der Waals surface area contributed by atoms with Gasteiger partial charge in [-0.25, -0.2) is 9.59 Å². The molecule has 0 aromatic heterocycles. The van der Waals surface area contributed by atoms with E-state index in [0.717, 1.165) is 6.07 Å². The van der Waals surface area contributed by atoms with Gasteiger partial charge in [-0.05, 0) is 18.2 Å². The van der Waals surface area contributed by atoms with Crippen molar-refractivity contribution in [3.05, 3.63) is 29.3 Å². The highest BCUT2D eigenvalue weighted by atomic mass is 16.4. The standard InChI is InChI=1S/C12H12N2O5/c15-10(8-4-13-5-8)14-9-2-6(11(16)17)1-7(3-9)12(18)19/h1-3,8,13H,4-5H2,(H,14,15)(H,16,17)(H,18,19). The zero-order valence-electron chi connectivity index (χ0n) is 9.84. The summed E-state index contributed by atoms with van der Waals surface area (Å²) in [6.45, 7) is 1.13. The minimum atomic E-state index is -1.25. The van der Waals surface area contributed by atoms with Crippen LogP contribution >= 0.6 is 0 Å². The highest BCUT2D eigenvalue weighted by molar-refractivity contribution is 5.99. The number of carbonyl (C=O) groups is 3. The number of amides is 1. The Balaban J connectivity index is 2.25. The largest absolute Gasteiger partial charge is 0.478 e. The minimum absolute atomic E-state index is 0.165. The zero-order valence-corrected chi connectivity index (χ0v) is 9.84. The monoisotopic (exact) mass is 264 g/mol. The molecule has 0 radical (unpaired) electrons. The summed E-state index contributed by atoms with van der Waals surface area (Å²) in [6, 6.07) is 3.52. The van der Waals surface area contributed by atoms with E-state index in [2.05, 4.69) is 10.6 Å². The molecule has 1 heterocycles. The number of hydrogen-bond acceptors (Lipinski definition) is 4. The van der Waals surface area contributed by atoms with Crippen molar-refractivity contribution in [2.45, 2.75) is 0 Å². The molecule has 2 rings (SSSR count). The molecule has 0 spiro atoms. The predicted octanol–water partition coefficient (Wildman–Crippen LogP) is 0.241. The lowest BCUT2D eigenvalue weighted by molar-refractivity contribution is -0.121. The number of carboxylic acids is 2. The predicted molar refractivity (Wildman–Crippen MR) is 65.4 cm³/mol. The second-order valence-corrected chi connectivity index (χ2v) is 4.25. The van der Waals surface area contributed by atoms with Crippen molar-refractivity contribution < 1.29 is 24.6 Å². The van der Waals surface area contributed by atoms with Crippen molar-refractivity contribution in [2.75, 3.05) is 18.4 Å². The molecule has 0 bridgehead atoms. The van der Waals surface area contributed by atoms with Crippen LogP contribution in [0.4, 0.5) is 5.69 Å². The molecule has 0 saturated carbocycles. The number of carboxylic acid groups (broad SMARTS) is 2. The van der Waals surface area contributed by atoms with Gasteiger partial charge in [-0.1, -0.05) is 0 Å². The molecule has 1 saturated heterocycles. The van der Waals surface area contributed by atoms with Crippen LogP contribution < -0.4 is 10.6 Å². The second-order valence-electron chi connectivity index (χ2n) is 4.25. The van der Waals surface area contributed by atoms with Crippen LogP contribution in [-0.4, -0.2) is 41.1 Å². The number of rotatable bonds is 4. The highest BCUT2D eigenvalue weighted by Crippen LogP contribution is 2.17. The molecule has 7 heteroatoms. The van der Waals surface area contributed by atoms with E-state index in [1.165, 1.54) is 12.1 Å². The maximum atomic E-state index is 11.7. The number of benzene rings is 1. The van der Waals surface area contributed by atoms with E-state index in [4.69, 9.17) is 10.2 Å². The summed E-state index contributed by atoms with van der Waals surface area (Å²) >= 11 is 0. The van der Waals surface area contributed by atoms with Crippen LogP contribution in [0.2, 0.25) is 0 Å². The fourth-order valence-electron chi connectivity index (χ4n) is 1.67. The lowest BCUT2D eigenvalue weighted by Crippen LogP contribution is -2.48. The van der Waals surface area contributed by atoms with Crippen molar-refractivity contribution in [3.8, 4) is 0 Å². The highest BCUT2D eigenvalue weighted by Gasteiger charge is 2.25. The molecule has 0 atom stereocenters. The van der Waals surface area contributed by atoms with E-state index in [9.17, 15) is 14.4 Å². The van der Waals surface area contributed by atoms with Gasteiger partial charge in [-0.3, -0.25) is 4.79 Å². The van der Waals surface area contributed by atoms with Crippen LogP contribution in [-0.2, 0) is 4.79 Å². The van der Waals surface area contributed by atoms with Gasteiger partial charge >= 0.3 is 11.9 Å². The molecule has 100 valence electrons. The van der Waals surface area contributed by atoms with Gasteiger partial charge in [-0.15, -0.1) is 0 Å². The average Bonchev–Trinajstić information content (AvgIpc) is 2.25. The molecule has 1 aromatic carbocycles. The minimum Gasteiger partial charge on any atom is -0.478 e. The molecule has 1 aliphatic rings. The third kappa shape index (κ3) is 2.89. The molecule has 4 N–H and O–H groups in total. The van der Waals surface area contributed by atoms with E-state index >= 15 is 0 Å². The number of anilines is 1. The van der Waals surface area contributed by atoms with Gasteiger partial charge in [0.25, 0.3) is 0 Å². The van der Waals surface area contributed by atoms with Gasteiger partial charge in [-0.2, -0.15) is 0 Å². The maximum Gasteiger partial charge on any atom is 0.335 e. The quantitative estimate of drug-likeness (QED) is 0.619. The fraction of sp³-hybridized carbons (Fsp3) is 0.250. The third-order valence-corrected chi connectivity index (χ3v) is 2.85. The summed E-state index contributed by atoms with van der Waals surface area (Å²) in [7, 11) is 0. The first-order valence-electron chi connectivity index (χ1n) is 5.60. The van der Waals surface area contributed by atoms with Crippen LogP contribution in [0.3, 0.4) is 0 Å². The van der Waals surface area contributed by atoms with Gasteiger partial charge in [0, 0.05) is 18.8 Å². The summed E-state index contributed by atoms with van der Waals surface area (Å²) in [4.78, 5) is 33.5. The van der Waals surface area contributed by atoms with Crippen LogP contribution in [0.15, 0.2) is 18.2 Å². The summed E-state index contributed by atoms with van der Waals surface area (Å²) in [5, 5.41) is 23.3. The Labute approximate surface area is 108 Å². The Hall–Kier alpha value is -2.41. The molecule has 19 heavy (non-hydrogen) atoms. The van der Waals surface area contributed by atoms with Crippen molar-refractivity contribution >= 4 is 23.5 Å². The van der Waals surface area contributed by atoms with E-state index in [1.807, 2.05) is 0 Å². The summed E-state index contributed by atoms with van der Waals surface area (Å²) in [6.07, 6.45) is 0. The molecular formula is C12H12N2O5. The fourth-order valence-corrected chi connectivity index (χ4v) is 1.67. The van der Waals surface area contributed by atoms with Gasteiger partial charge in [0.1, 0.15) is 0 Å². The number of nitrogens with one attached hydrogen (secondary N) is 2. The lowest BCUT2D eigenvalue weighted by atomic mass is 10.0. The van der Waals surface area contributed by atoms with Crippen LogP contribution in [0, 0.1) is 5.92 Å². The Morgan fingerprint density at radius 2 is 1.58 bits per heavy atom. The van der Waals surface area contributed by atoms with Gasteiger partial charge in [0.2, 0.25) is 5.91 Å². The molecule has 0 unspecified atom stereocenters. The van der Waals surface area contributed by atoms with E-state index in [-0.39, 0.29) is 28.6 Å². The normalized spacial score (nSPS) is 14.5. The first kappa shape index (κ1) is 13.0. The van der Waals surface area contributed by atoms with Crippen LogP contribution in [0.5, 0.6) is 0 Å². The Morgan fingerprint density at radius 1 is 1.05 bits per heavy atom. The number of aromatic carboxylic acids is 2. The molecular weight excluding hydrogens is 252 g/mol. The summed E-state index contributed by atoms with van der Waals surface area (Å²) in [5.41, 5.74) is -0.182. The molecule has 1 aliphatic heterocycles. The molecule has 1 fully saturated rings. The van der Waals surface area contributed by atoms with Gasteiger partial charge in [0.15, 0.2) is 0 Å². The first-order valence-corrected chi connectivity index (χ1v) is 5.60. The van der Waals surface area contributed by atoms with Gasteiger partial charge < -0.3 is 20.8 Å². The van der Waals surface area contributed by atoms with E-state index in [0.29, 0.717) is 13.1 Å². The maximum absolute atomic E-state index is 11.7. The summed E-state index contributed by atoms with van der Waals surface area (Å²) < 4.78 is 0. The molecule has 1 amide bonds. The van der Waals surface area contributed by atoms with Crippen molar-refractivity contribution in [1.82, 2.24) is 5.32 Å². The van der Waals surface area contributed by atoms with E-state index < -0.39 is 11.9 Å². The van der Waals surface area contributed by atoms with Crippen LogP contribution in [0.1, 0.15) is 20.7 Å². The van der Waals surface area contributed by atoms with E-state index in [1.54, 1.807) is 0 Å². The smallest absolute Gasteiger partial charge is 0.335 e. The summed E-state index contributed by atoms with van der Waals surface area (Å²) in [5.74, 6) is -2.91. The van der Waals surface area contributed by atoms with Crippen LogP contribution in [0.25, 0.3) is 0 Å². The van der Waals surface area contributed by atoms with Crippen molar-refractivity contribution in [1.29, 1.82) is 0 Å². The molecule has 0 aliphatic carbocycles. The number of hydrogen-bond donors (Lipinski definition) is 4. The Kier molecular flexibility index (Phi) is 3.48. The Morgan fingerprint density at radius 3 is 1.95 bits per heavy atom. The average molecular weight is 264 g/mol. The lowest BCUT2D eigenvalue weighted by Gasteiger charge is -2.25. The molecule has 1 aromatic rings. The second kappa shape index (κ2) is 5.07. The first-order chi connectivity index (χ1) is 8.97. The van der Waals surface area contributed by atoms with Crippen molar-refractivity contribution in [2.24, 2.45) is 5.92 Å².